The monoisotopic (exact) mass is 225 g/mol. The van der Waals surface area contributed by atoms with Crippen molar-refractivity contribution in [1.29, 1.82) is 0 Å². The van der Waals surface area contributed by atoms with Crippen LogP contribution in [0.1, 0.15) is 6.42 Å². The zero-order valence-corrected chi connectivity index (χ0v) is 9.63. The van der Waals surface area contributed by atoms with Gasteiger partial charge in [0.1, 0.15) is 0 Å². The molecule has 0 aliphatic carbocycles. The SMILES string of the molecule is CO[Si](CCCNC(=O)F)(OC)OC. The first kappa shape index (κ1) is 13.5. The summed E-state index contributed by atoms with van der Waals surface area (Å²) in [5.74, 6) is 0. The molecule has 0 spiro atoms. The zero-order chi connectivity index (χ0) is 11.0. The number of amides is 1. The Morgan fingerprint density at radius 3 is 2.14 bits per heavy atom. The quantitative estimate of drug-likeness (QED) is 0.303. The number of carbonyl (C=O) groups is 1. The van der Waals surface area contributed by atoms with Gasteiger partial charge in [-0.15, -0.1) is 4.39 Å². The van der Waals surface area contributed by atoms with Crippen LogP contribution in [0.15, 0.2) is 0 Å². The third kappa shape index (κ3) is 4.65. The Morgan fingerprint density at radius 2 is 1.79 bits per heavy atom. The van der Waals surface area contributed by atoms with Crippen LogP contribution in [0.4, 0.5) is 9.18 Å². The maximum absolute atomic E-state index is 11.7. The molecule has 1 amide bonds. The Kier molecular flexibility index (Phi) is 6.63. The molecule has 0 rings (SSSR count). The van der Waals surface area contributed by atoms with E-state index in [-0.39, 0.29) is 6.54 Å². The van der Waals surface area contributed by atoms with Crippen LogP contribution in [-0.2, 0) is 13.3 Å². The molecule has 84 valence electrons. The van der Waals surface area contributed by atoms with Gasteiger partial charge in [-0.2, -0.15) is 0 Å². The number of carbonyl (C=O) groups excluding carboxylic acids is 1. The molecule has 0 aliphatic rings. The smallest absolute Gasteiger partial charge is 0.377 e. The second kappa shape index (κ2) is 6.88. The topological polar surface area (TPSA) is 56.8 Å². The predicted molar refractivity (Wildman–Crippen MR) is 50.7 cm³/mol. The molecule has 0 unspecified atom stereocenters. The number of hydrogen-bond donors (Lipinski definition) is 1. The van der Waals surface area contributed by atoms with Crippen molar-refractivity contribution >= 4 is 15.0 Å². The van der Waals surface area contributed by atoms with Crippen LogP contribution < -0.4 is 5.32 Å². The summed E-state index contributed by atoms with van der Waals surface area (Å²) in [6.07, 6.45) is -0.971. The van der Waals surface area contributed by atoms with Crippen molar-refractivity contribution in [2.45, 2.75) is 12.5 Å². The largest absolute Gasteiger partial charge is 0.500 e. The molecule has 1 N–H and O–H groups in total. The van der Waals surface area contributed by atoms with Gasteiger partial charge in [-0.05, 0) is 6.42 Å². The predicted octanol–water partition coefficient (Wildman–Crippen LogP) is 0.934. The molecular formula is C7H16FNO4Si. The Morgan fingerprint density at radius 1 is 1.29 bits per heavy atom. The lowest BCUT2D eigenvalue weighted by atomic mass is 10.5. The van der Waals surface area contributed by atoms with E-state index < -0.39 is 15.0 Å². The van der Waals surface area contributed by atoms with Gasteiger partial charge >= 0.3 is 15.0 Å². The normalized spacial score (nSPS) is 11.4. The summed E-state index contributed by atoms with van der Waals surface area (Å²) in [6, 6.07) is 0.538. The van der Waals surface area contributed by atoms with E-state index in [1.807, 2.05) is 5.32 Å². The molecule has 7 heteroatoms. The van der Waals surface area contributed by atoms with Gasteiger partial charge in [0.15, 0.2) is 0 Å². The van der Waals surface area contributed by atoms with Crippen LogP contribution in [0.25, 0.3) is 0 Å². The summed E-state index contributed by atoms with van der Waals surface area (Å²) >= 11 is 0. The summed E-state index contributed by atoms with van der Waals surface area (Å²) in [7, 11) is 1.96. The molecule has 14 heavy (non-hydrogen) atoms. The highest BCUT2D eigenvalue weighted by atomic mass is 28.4. The van der Waals surface area contributed by atoms with Gasteiger partial charge in [0.2, 0.25) is 0 Å². The van der Waals surface area contributed by atoms with E-state index >= 15 is 0 Å². The van der Waals surface area contributed by atoms with Crippen molar-refractivity contribution in [2.24, 2.45) is 0 Å². The van der Waals surface area contributed by atoms with Gasteiger partial charge in [-0.25, -0.2) is 4.79 Å². The maximum Gasteiger partial charge on any atom is 0.500 e. The van der Waals surface area contributed by atoms with Gasteiger partial charge in [-0.1, -0.05) is 0 Å². The van der Waals surface area contributed by atoms with Crippen molar-refractivity contribution in [3.8, 4) is 0 Å². The number of rotatable bonds is 7. The van der Waals surface area contributed by atoms with Gasteiger partial charge < -0.3 is 18.6 Å². The highest BCUT2D eigenvalue weighted by Crippen LogP contribution is 2.14. The molecular weight excluding hydrogens is 209 g/mol. The molecule has 0 aromatic rings. The lowest BCUT2D eigenvalue weighted by molar-refractivity contribution is 0.123. The van der Waals surface area contributed by atoms with Crippen molar-refractivity contribution in [1.82, 2.24) is 5.32 Å². The van der Waals surface area contributed by atoms with Crippen molar-refractivity contribution < 1.29 is 22.5 Å². The number of nitrogens with one attached hydrogen (secondary N) is 1. The molecule has 0 fully saturated rings. The van der Waals surface area contributed by atoms with Crippen LogP contribution in [0.2, 0.25) is 6.04 Å². The maximum atomic E-state index is 11.7. The zero-order valence-electron chi connectivity index (χ0n) is 8.63. The Balaban J connectivity index is 3.77. The third-order valence-electron chi connectivity index (χ3n) is 1.86. The molecule has 5 nitrogen and oxygen atoms in total. The second-order valence-electron chi connectivity index (χ2n) is 2.60. The number of halogens is 1. The minimum Gasteiger partial charge on any atom is -0.377 e. The van der Waals surface area contributed by atoms with Gasteiger partial charge in [-0.3, -0.25) is 0 Å². The average Bonchev–Trinajstić information content (AvgIpc) is 2.19. The average molecular weight is 225 g/mol. The van der Waals surface area contributed by atoms with E-state index in [1.54, 1.807) is 0 Å². The van der Waals surface area contributed by atoms with Gasteiger partial charge in [0.05, 0.1) is 0 Å². The third-order valence-corrected chi connectivity index (χ3v) is 4.69. The standard InChI is InChI=1S/C7H16FNO4Si/c1-11-14(12-2,13-3)6-4-5-9-7(8)10/h4-6H2,1-3H3,(H,9,10). The molecule has 0 atom stereocenters. The van der Waals surface area contributed by atoms with Gasteiger partial charge in [0, 0.05) is 33.9 Å². The number of hydrogen-bond acceptors (Lipinski definition) is 4. The van der Waals surface area contributed by atoms with Crippen LogP contribution in [0.5, 0.6) is 0 Å². The lowest BCUT2D eigenvalue weighted by Gasteiger charge is -2.24. The first-order valence-electron chi connectivity index (χ1n) is 4.19. The van der Waals surface area contributed by atoms with Crippen molar-refractivity contribution in [3.63, 3.8) is 0 Å². The first-order chi connectivity index (χ1) is 6.60. The lowest BCUT2D eigenvalue weighted by Crippen LogP contribution is -2.43. The highest BCUT2D eigenvalue weighted by molar-refractivity contribution is 6.60. The van der Waals surface area contributed by atoms with Crippen LogP contribution in [-0.4, -0.2) is 42.8 Å². The van der Waals surface area contributed by atoms with E-state index in [1.165, 1.54) is 21.3 Å². The molecule has 0 radical (unpaired) electrons. The van der Waals surface area contributed by atoms with Gasteiger partial charge in [0.25, 0.3) is 0 Å². The van der Waals surface area contributed by atoms with E-state index in [0.717, 1.165) is 0 Å². The van der Waals surface area contributed by atoms with E-state index in [2.05, 4.69) is 0 Å². The molecule has 0 aromatic carbocycles. The molecule has 0 saturated heterocycles. The van der Waals surface area contributed by atoms with Crippen LogP contribution in [0.3, 0.4) is 0 Å². The molecule has 0 heterocycles. The van der Waals surface area contributed by atoms with Crippen molar-refractivity contribution in [2.75, 3.05) is 27.9 Å². The van der Waals surface area contributed by atoms with E-state index in [4.69, 9.17) is 13.3 Å². The summed E-state index contributed by atoms with van der Waals surface area (Å²) in [5, 5.41) is 2.04. The summed E-state index contributed by atoms with van der Waals surface area (Å²) in [6.45, 7) is 0.250. The summed E-state index contributed by atoms with van der Waals surface area (Å²) in [4.78, 5) is 9.92. The minimum absolute atomic E-state index is 0.250. The highest BCUT2D eigenvalue weighted by Gasteiger charge is 2.36. The minimum atomic E-state index is -2.56. The van der Waals surface area contributed by atoms with E-state index in [9.17, 15) is 9.18 Å². The van der Waals surface area contributed by atoms with Crippen LogP contribution >= 0.6 is 0 Å². The first-order valence-corrected chi connectivity index (χ1v) is 6.12. The Bertz CT molecular complexity index is 169. The summed E-state index contributed by atoms with van der Waals surface area (Å²) in [5.41, 5.74) is 0. The summed E-state index contributed by atoms with van der Waals surface area (Å²) < 4.78 is 27.1. The Hall–Kier alpha value is -0.503. The molecule has 0 bridgehead atoms. The molecule has 0 saturated carbocycles. The fourth-order valence-corrected chi connectivity index (χ4v) is 2.77. The Labute approximate surface area is 83.9 Å². The molecule has 0 aliphatic heterocycles. The van der Waals surface area contributed by atoms with E-state index in [0.29, 0.717) is 12.5 Å². The fraction of sp³-hybridized carbons (Fsp3) is 0.857. The molecule has 0 aromatic heterocycles. The van der Waals surface area contributed by atoms with Crippen molar-refractivity contribution in [3.05, 3.63) is 0 Å². The fourth-order valence-electron chi connectivity index (χ4n) is 1.05. The van der Waals surface area contributed by atoms with Crippen LogP contribution in [0, 0.1) is 0 Å². The second-order valence-corrected chi connectivity index (χ2v) is 5.69.